The molecule has 0 aromatic carbocycles. The standard InChI is InChI=1S/C14H27N3O3/c1-13(2,3)20-12(19)17-7-6-16-10(9-17)8-14(4,5)11(15)18/h10,16H,6-9H2,1-5H3,(H2,15,18)/t10-/m0/s1. The van der Waals surface area contributed by atoms with E-state index in [4.69, 9.17) is 10.5 Å². The molecule has 0 aliphatic carbocycles. The zero-order valence-corrected chi connectivity index (χ0v) is 13.2. The van der Waals surface area contributed by atoms with Crippen molar-refractivity contribution in [2.24, 2.45) is 11.1 Å². The zero-order chi connectivity index (χ0) is 15.6. The molecule has 6 nitrogen and oxygen atoms in total. The van der Waals surface area contributed by atoms with Crippen LogP contribution < -0.4 is 11.1 Å². The second-order valence-electron chi connectivity index (χ2n) is 7.03. The molecule has 6 heteroatoms. The van der Waals surface area contributed by atoms with Gasteiger partial charge in [-0.05, 0) is 27.2 Å². The third-order valence-corrected chi connectivity index (χ3v) is 3.33. The van der Waals surface area contributed by atoms with E-state index < -0.39 is 11.0 Å². The number of ether oxygens (including phenoxy) is 1. The molecule has 0 aromatic heterocycles. The fourth-order valence-electron chi connectivity index (χ4n) is 2.17. The maximum absolute atomic E-state index is 12.0. The van der Waals surface area contributed by atoms with E-state index in [2.05, 4.69) is 5.32 Å². The summed E-state index contributed by atoms with van der Waals surface area (Å²) in [5, 5.41) is 3.32. The van der Waals surface area contributed by atoms with Gasteiger partial charge in [-0.2, -0.15) is 0 Å². The monoisotopic (exact) mass is 285 g/mol. The lowest BCUT2D eigenvalue weighted by atomic mass is 9.84. The molecule has 0 saturated carbocycles. The van der Waals surface area contributed by atoms with Gasteiger partial charge >= 0.3 is 6.09 Å². The minimum atomic E-state index is -0.589. The average Bonchev–Trinajstić information content (AvgIpc) is 2.26. The summed E-state index contributed by atoms with van der Waals surface area (Å²) >= 11 is 0. The molecule has 3 N–H and O–H groups in total. The highest BCUT2D eigenvalue weighted by molar-refractivity contribution is 5.80. The Labute approximate surface area is 121 Å². The first-order chi connectivity index (χ1) is 9.01. The first-order valence-electron chi connectivity index (χ1n) is 7.02. The molecular weight excluding hydrogens is 258 g/mol. The molecule has 0 unspecified atom stereocenters. The Morgan fingerprint density at radius 2 is 1.90 bits per heavy atom. The molecule has 1 fully saturated rings. The third-order valence-electron chi connectivity index (χ3n) is 3.33. The van der Waals surface area contributed by atoms with Gasteiger partial charge < -0.3 is 20.7 Å². The Morgan fingerprint density at radius 1 is 1.30 bits per heavy atom. The van der Waals surface area contributed by atoms with E-state index in [9.17, 15) is 9.59 Å². The smallest absolute Gasteiger partial charge is 0.410 e. The lowest BCUT2D eigenvalue weighted by molar-refractivity contribution is -0.126. The topological polar surface area (TPSA) is 84.7 Å². The maximum atomic E-state index is 12.0. The number of nitrogens with one attached hydrogen (secondary N) is 1. The predicted molar refractivity (Wildman–Crippen MR) is 77.2 cm³/mol. The van der Waals surface area contributed by atoms with Crippen molar-refractivity contribution < 1.29 is 14.3 Å². The van der Waals surface area contributed by atoms with Crippen LogP contribution in [-0.4, -0.2) is 48.2 Å². The van der Waals surface area contributed by atoms with Crippen molar-refractivity contribution in [3.05, 3.63) is 0 Å². The van der Waals surface area contributed by atoms with E-state index in [1.165, 1.54) is 0 Å². The Balaban J connectivity index is 2.59. The fraction of sp³-hybridized carbons (Fsp3) is 0.857. The van der Waals surface area contributed by atoms with Crippen LogP contribution in [0.3, 0.4) is 0 Å². The van der Waals surface area contributed by atoms with E-state index >= 15 is 0 Å². The molecule has 1 rings (SSSR count). The van der Waals surface area contributed by atoms with Crippen LogP contribution in [0.1, 0.15) is 41.0 Å². The van der Waals surface area contributed by atoms with Crippen LogP contribution in [0.25, 0.3) is 0 Å². The number of hydrogen-bond donors (Lipinski definition) is 2. The van der Waals surface area contributed by atoms with E-state index in [1.807, 2.05) is 34.6 Å². The van der Waals surface area contributed by atoms with Gasteiger partial charge in [0.1, 0.15) is 5.60 Å². The largest absolute Gasteiger partial charge is 0.444 e. The van der Waals surface area contributed by atoms with Gasteiger partial charge in [0.15, 0.2) is 0 Å². The van der Waals surface area contributed by atoms with Gasteiger partial charge in [-0.25, -0.2) is 4.79 Å². The van der Waals surface area contributed by atoms with Crippen molar-refractivity contribution in [3.63, 3.8) is 0 Å². The Bertz CT molecular complexity index is 374. The number of primary amides is 1. The van der Waals surface area contributed by atoms with Gasteiger partial charge in [-0.1, -0.05) is 13.8 Å². The number of nitrogens with two attached hydrogens (primary N) is 1. The summed E-state index contributed by atoms with van der Waals surface area (Å²) in [4.78, 5) is 25.1. The molecule has 2 amide bonds. The summed E-state index contributed by atoms with van der Waals surface area (Å²) in [5.41, 5.74) is 4.31. The lowest BCUT2D eigenvalue weighted by Gasteiger charge is -2.37. The first kappa shape index (κ1) is 16.8. The second kappa shape index (κ2) is 5.99. The van der Waals surface area contributed by atoms with Crippen LogP contribution in [-0.2, 0) is 9.53 Å². The highest BCUT2D eigenvalue weighted by Crippen LogP contribution is 2.23. The molecular formula is C14H27N3O3. The van der Waals surface area contributed by atoms with Crippen LogP contribution >= 0.6 is 0 Å². The van der Waals surface area contributed by atoms with Crippen molar-refractivity contribution in [1.29, 1.82) is 0 Å². The molecule has 0 radical (unpaired) electrons. The molecule has 0 aromatic rings. The maximum Gasteiger partial charge on any atom is 0.410 e. The number of nitrogens with zero attached hydrogens (tertiary/aromatic N) is 1. The number of piperazine rings is 1. The Hall–Kier alpha value is -1.30. The molecule has 1 aliphatic heterocycles. The summed E-state index contributed by atoms with van der Waals surface area (Å²) in [6.07, 6.45) is 0.294. The number of carbonyl (C=O) groups excluding carboxylic acids is 2. The van der Waals surface area contributed by atoms with Crippen LogP contribution in [0.4, 0.5) is 4.79 Å². The minimum Gasteiger partial charge on any atom is -0.444 e. The lowest BCUT2D eigenvalue weighted by Crippen LogP contribution is -2.55. The molecule has 20 heavy (non-hydrogen) atoms. The fourth-order valence-corrected chi connectivity index (χ4v) is 2.17. The highest BCUT2D eigenvalue weighted by Gasteiger charge is 2.33. The van der Waals surface area contributed by atoms with E-state index in [0.29, 0.717) is 26.1 Å². The number of rotatable bonds is 3. The quantitative estimate of drug-likeness (QED) is 0.813. The summed E-state index contributed by atoms with van der Waals surface area (Å²) < 4.78 is 5.37. The van der Waals surface area contributed by atoms with Crippen LogP contribution in [0, 0.1) is 5.41 Å². The van der Waals surface area contributed by atoms with Gasteiger partial charge in [0.05, 0.1) is 0 Å². The van der Waals surface area contributed by atoms with E-state index in [0.717, 1.165) is 0 Å². The second-order valence-corrected chi connectivity index (χ2v) is 7.03. The summed E-state index contributed by atoms with van der Waals surface area (Å²) in [6, 6.07) is 0.0544. The van der Waals surface area contributed by atoms with Crippen molar-refractivity contribution in [2.75, 3.05) is 19.6 Å². The molecule has 116 valence electrons. The summed E-state index contributed by atoms with van der Waals surface area (Å²) in [7, 11) is 0. The van der Waals surface area contributed by atoms with Crippen molar-refractivity contribution in [3.8, 4) is 0 Å². The SMILES string of the molecule is CC(C)(C)OC(=O)N1CCN[C@@H](CC(C)(C)C(N)=O)C1. The van der Waals surface area contributed by atoms with Crippen molar-refractivity contribution in [1.82, 2.24) is 10.2 Å². The van der Waals surface area contributed by atoms with Gasteiger partial charge in [0, 0.05) is 31.1 Å². The first-order valence-corrected chi connectivity index (χ1v) is 7.02. The molecule has 1 saturated heterocycles. The van der Waals surface area contributed by atoms with Gasteiger partial charge in [0.2, 0.25) is 5.91 Å². The summed E-state index contributed by atoms with van der Waals surface area (Å²) in [6.45, 7) is 11.0. The third kappa shape index (κ3) is 5.00. The highest BCUT2D eigenvalue weighted by atomic mass is 16.6. The number of amides is 2. The minimum absolute atomic E-state index is 0.0544. The predicted octanol–water partition coefficient (Wildman–Crippen LogP) is 1.10. The summed E-state index contributed by atoms with van der Waals surface area (Å²) in [5.74, 6) is -0.325. The Kier molecular flexibility index (Phi) is 5.02. The molecule has 0 bridgehead atoms. The molecule has 1 heterocycles. The van der Waals surface area contributed by atoms with Crippen LogP contribution in [0.5, 0.6) is 0 Å². The van der Waals surface area contributed by atoms with E-state index in [-0.39, 0.29) is 18.0 Å². The van der Waals surface area contributed by atoms with Gasteiger partial charge in [-0.3, -0.25) is 4.79 Å². The number of hydrogen-bond acceptors (Lipinski definition) is 4. The van der Waals surface area contributed by atoms with Crippen LogP contribution in [0.2, 0.25) is 0 Å². The molecule has 1 atom stereocenters. The van der Waals surface area contributed by atoms with Crippen LogP contribution in [0.15, 0.2) is 0 Å². The van der Waals surface area contributed by atoms with Crippen molar-refractivity contribution >= 4 is 12.0 Å². The molecule has 0 spiro atoms. The zero-order valence-electron chi connectivity index (χ0n) is 13.2. The number of carbonyl (C=O) groups is 2. The van der Waals surface area contributed by atoms with Gasteiger partial charge in [0.25, 0.3) is 0 Å². The van der Waals surface area contributed by atoms with Crippen molar-refractivity contribution in [2.45, 2.75) is 52.7 Å². The van der Waals surface area contributed by atoms with Gasteiger partial charge in [-0.15, -0.1) is 0 Å². The van der Waals surface area contributed by atoms with E-state index in [1.54, 1.807) is 4.90 Å². The molecule has 1 aliphatic rings. The normalized spacial score (nSPS) is 20.6. The Morgan fingerprint density at radius 3 is 2.40 bits per heavy atom. The average molecular weight is 285 g/mol.